The Kier molecular flexibility index (Phi) is 10.4. The number of aryl methyl sites for hydroxylation is 1. The summed E-state index contributed by atoms with van der Waals surface area (Å²) in [5.41, 5.74) is 5.25. The van der Waals surface area contributed by atoms with Crippen LogP contribution in [0.1, 0.15) is 47.2 Å². The first-order chi connectivity index (χ1) is 20.1. The smallest absolute Gasteiger partial charge is 0.343 e. The van der Waals surface area contributed by atoms with Crippen molar-refractivity contribution in [3.63, 3.8) is 0 Å². The van der Waals surface area contributed by atoms with Crippen LogP contribution in [0, 0.1) is 5.41 Å². The number of amides is 1. The molecule has 3 rings (SSSR count). The van der Waals surface area contributed by atoms with Crippen molar-refractivity contribution in [2.45, 2.75) is 37.7 Å². The summed E-state index contributed by atoms with van der Waals surface area (Å²) >= 11 is 0. The molecule has 0 bridgehead atoms. The van der Waals surface area contributed by atoms with Crippen LogP contribution in [-0.4, -0.2) is 76.6 Å². The lowest BCUT2D eigenvalue weighted by Crippen LogP contribution is -2.35. The third-order valence-corrected chi connectivity index (χ3v) is 6.81. The Morgan fingerprint density at radius 1 is 1.07 bits per heavy atom. The maximum atomic E-state index is 12.8. The van der Waals surface area contributed by atoms with E-state index in [1.807, 2.05) is 0 Å². The largest absolute Gasteiger partial charge is 0.481 e. The minimum absolute atomic E-state index is 0.0592. The van der Waals surface area contributed by atoms with Gasteiger partial charge in [0.15, 0.2) is 11.6 Å². The molecule has 0 fully saturated rings. The van der Waals surface area contributed by atoms with Crippen LogP contribution in [0.3, 0.4) is 0 Å². The van der Waals surface area contributed by atoms with Crippen LogP contribution in [0.2, 0.25) is 0 Å². The highest BCUT2D eigenvalue weighted by molar-refractivity contribution is 7.85. The van der Waals surface area contributed by atoms with E-state index in [-0.39, 0.29) is 48.8 Å². The summed E-state index contributed by atoms with van der Waals surface area (Å²) in [6.07, 6.45) is -1.55. The van der Waals surface area contributed by atoms with Crippen LogP contribution in [0.25, 0.3) is 0 Å². The predicted octanol–water partition coefficient (Wildman–Crippen LogP) is 0.960. The van der Waals surface area contributed by atoms with Gasteiger partial charge < -0.3 is 36.2 Å². The van der Waals surface area contributed by atoms with E-state index < -0.39 is 58.1 Å². The highest BCUT2D eigenvalue weighted by Crippen LogP contribution is 2.35. The lowest BCUT2D eigenvalue weighted by molar-refractivity contribution is -0.151. The number of anilines is 1. The summed E-state index contributed by atoms with van der Waals surface area (Å²) in [5, 5.41) is 34.9. The molecule has 43 heavy (non-hydrogen) atoms. The highest BCUT2D eigenvalue weighted by atomic mass is 32.2. The van der Waals surface area contributed by atoms with Crippen molar-refractivity contribution in [1.82, 2.24) is 5.32 Å². The van der Waals surface area contributed by atoms with Gasteiger partial charge in [-0.2, -0.15) is 8.42 Å². The average molecular weight is 620 g/mol. The van der Waals surface area contributed by atoms with Crippen LogP contribution in [0.5, 0.6) is 5.75 Å². The first-order valence-electron chi connectivity index (χ1n) is 12.6. The lowest BCUT2D eigenvalue weighted by atomic mass is 9.86. The standard InChI is InChI=1S/C26H29N5O11S/c27-25(28)30-17-5-1-16(2-6-17)24(37)41-18-7-3-15(4-8-21(32)29-9-10-43(38,39)40)19(11-18)20-12-26(42-31-20,13-22(33)34)14-23(35)36/h1-3,5-7,11H,4,8-10,12-14H2,(H,29,32)(H,33,34)(H,35,36)(H4,27,28,30)(H,38,39,40). The SMILES string of the molecule is N=C(N)Nc1ccc(C(=O)Oc2ccc(CCC(=O)NCCS(=O)(=O)O)c(C3=NOC(CC(=O)O)(CC(=O)O)C3)c2)cc1. The molecule has 0 radical (unpaired) electrons. The molecule has 16 nitrogen and oxygen atoms in total. The number of aliphatic carboxylic acids is 2. The number of ether oxygens (including phenoxy) is 1. The number of nitrogens with two attached hydrogens (primary N) is 1. The minimum Gasteiger partial charge on any atom is -0.481 e. The number of carbonyl (C=O) groups is 4. The molecule has 0 atom stereocenters. The number of nitrogens with zero attached hydrogens (tertiary/aromatic N) is 1. The monoisotopic (exact) mass is 619 g/mol. The van der Waals surface area contributed by atoms with E-state index in [1.54, 1.807) is 6.07 Å². The quantitative estimate of drug-likeness (QED) is 0.0511. The van der Waals surface area contributed by atoms with Crippen LogP contribution in [0.4, 0.5) is 5.69 Å². The van der Waals surface area contributed by atoms with Gasteiger partial charge >= 0.3 is 17.9 Å². The number of carboxylic acids is 2. The molecule has 0 aromatic heterocycles. The molecule has 1 amide bonds. The van der Waals surface area contributed by atoms with Gasteiger partial charge in [0.2, 0.25) is 5.91 Å². The molecule has 230 valence electrons. The third kappa shape index (κ3) is 10.1. The second kappa shape index (κ2) is 13.8. The summed E-state index contributed by atoms with van der Waals surface area (Å²) in [4.78, 5) is 53.3. The molecular formula is C26H29N5O11S. The van der Waals surface area contributed by atoms with E-state index in [0.29, 0.717) is 16.8 Å². The normalized spacial score (nSPS) is 13.7. The zero-order chi connectivity index (χ0) is 31.8. The van der Waals surface area contributed by atoms with E-state index in [4.69, 9.17) is 25.3 Å². The third-order valence-electron chi connectivity index (χ3n) is 6.09. The number of esters is 1. The number of nitrogens with one attached hydrogen (secondary N) is 3. The molecule has 1 heterocycles. The number of carbonyl (C=O) groups excluding carboxylic acids is 2. The first-order valence-corrected chi connectivity index (χ1v) is 14.2. The molecule has 0 aliphatic carbocycles. The number of rotatable bonds is 14. The van der Waals surface area contributed by atoms with E-state index in [0.717, 1.165) is 0 Å². The Labute approximate surface area is 245 Å². The Bertz CT molecular complexity index is 1540. The minimum atomic E-state index is -4.26. The van der Waals surface area contributed by atoms with Gasteiger partial charge in [-0.3, -0.25) is 24.3 Å². The van der Waals surface area contributed by atoms with Crippen molar-refractivity contribution >= 4 is 51.3 Å². The first kappa shape index (κ1) is 32.5. The molecule has 0 spiro atoms. The molecule has 8 N–H and O–H groups in total. The number of oxime groups is 1. The van der Waals surface area contributed by atoms with Crippen molar-refractivity contribution in [2.24, 2.45) is 10.9 Å². The fraction of sp³-hybridized carbons (Fsp3) is 0.308. The molecule has 0 saturated carbocycles. The highest BCUT2D eigenvalue weighted by Gasteiger charge is 2.44. The summed E-state index contributed by atoms with van der Waals surface area (Å²) in [6.45, 7) is -0.307. The Balaban J connectivity index is 1.84. The van der Waals surface area contributed by atoms with Gasteiger partial charge in [0, 0.05) is 30.6 Å². The molecule has 2 aromatic rings. The number of hydrogen-bond donors (Lipinski definition) is 7. The topological polar surface area (TPSA) is 268 Å². The van der Waals surface area contributed by atoms with Gasteiger partial charge in [-0.25, -0.2) is 4.79 Å². The number of carboxylic acid groups (broad SMARTS) is 2. The number of benzene rings is 2. The van der Waals surface area contributed by atoms with E-state index >= 15 is 0 Å². The second-order valence-electron chi connectivity index (χ2n) is 9.59. The van der Waals surface area contributed by atoms with Crippen molar-refractivity contribution in [1.29, 1.82) is 5.41 Å². The molecule has 1 aliphatic rings. The number of guanidine groups is 1. The van der Waals surface area contributed by atoms with Gasteiger partial charge in [0.25, 0.3) is 10.1 Å². The average Bonchev–Trinajstić information content (AvgIpc) is 3.29. The maximum absolute atomic E-state index is 12.8. The summed E-state index contributed by atoms with van der Waals surface area (Å²) < 4.78 is 36.1. The Morgan fingerprint density at radius 2 is 1.72 bits per heavy atom. The zero-order valence-electron chi connectivity index (χ0n) is 22.5. The van der Waals surface area contributed by atoms with Gasteiger partial charge in [-0.05, 0) is 48.4 Å². The van der Waals surface area contributed by atoms with Crippen molar-refractivity contribution in [3.8, 4) is 5.75 Å². The molecule has 0 unspecified atom stereocenters. The Morgan fingerprint density at radius 3 is 2.30 bits per heavy atom. The van der Waals surface area contributed by atoms with Crippen LogP contribution < -0.4 is 21.1 Å². The zero-order valence-corrected chi connectivity index (χ0v) is 23.3. The molecule has 2 aromatic carbocycles. The fourth-order valence-electron chi connectivity index (χ4n) is 4.24. The lowest BCUT2D eigenvalue weighted by Gasteiger charge is -2.22. The summed E-state index contributed by atoms with van der Waals surface area (Å²) in [7, 11) is -4.26. The molecule has 0 saturated heterocycles. The van der Waals surface area contributed by atoms with E-state index in [9.17, 15) is 37.8 Å². The Hall–Kier alpha value is -5.03. The van der Waals surface area contributed by atoms with Gasteiger partial charge in [0.1, 0.15) is 5.75 Å². The van der Waals surface area contributed by atoms with E-state index in [2.05, 4.69) is 15.8 Å². The van der Waals surface area contributed by atoms with Crippen molar-refractivity contribution in [2.75, 3.05) is 17.6 Å². The van der Waals surface area contributed by atoms with Gasteiger partial charge in [0.05, 0.1) is 29.9 Å². The predicted molar refractivity (Wildman–Crippen MR) is 151 cm³/mol. The van der Waals surface area contributed by atoms with Crippen LogP contribution >= 0.6 is 0 Å². The molecular weight excluding hydrogens is 590 g/mol. The maximum Gasteiger partial charge on any atom is 0.343 e. The summed E-state index contributed by atoms with van der Waals surface area (Å²) in [5.74, 6) is -4.75. The van der Waals surface area contributed by atoms with Crippen LogP contribution in [0.15, 0.2) is 47.6 Å². The van der Waals surface area contributed by atoms with Gasteiger partial charge in [-0.1, -0.05) is 11.2 Å². The molecule has 1 aliphatic heterocycles. The second-order valence-corrected chi connectivity index (χ2v) is 11.2. The fourth-order valence-corrected chi connectivity index (χ4v) is 4.60. The van der Waals surface area contributed by atoms with Crippen molar-refractivity contribution in [3.05, 3.63) is 59.2 Å². The van der Waals surface area contributed by atoms with Crippen molar-refractivity contribution < 1.29 is 51.9 Å². The molecule has 17 heteroatoms. The van der Waals surface area contributed by atoms with Crippen LogP contribution in [-0.2, 0) is 35.8 Å². The number of hydrogen-bond acceptors (Lipinski definition) is 10. The summed E-state index contributed by atoms with van der Waals surface area (Å²) in [6, 6.07) is 10.4. The van der Waals surface area contributed by atoms with Gasteiger partial charge in [-0.15, -0.1) is 0 Å². The van der Waals surface area contributed by atoms with E-state index in [1.165, 1.54) is 36.4 Å².